The lowest BCUT2D eigenvalue weighted by atomic mass is 10.1. The van der Waals surface area contributed by atoms with Crippen molar-refractivity contribution in [1.82, 2.24) is 4.98 Å². The molecular weight excluding hydrogens is 307 g/mol. The zero-order chi connectivity index (χ0) is 15.6. The zero-order valence-corrected chi connectivity index (χ0v) is 11.2. The molecule has 8 heteroatoms. The van der Waals surface area contributed by atoms with Crippen molar-refractivity contribution in [2.45, 2.75) is 6.18 Å². The maximum Gasteiger partial charge on any atom is 0.418 e. The number of carbonyl (C=O) groups is 1. The van der Waals surface area contributed by atoms with Gasteiger partial charge in [-0.25, -0.2) is 4.98 Å². The number of nitrogens with two attached hydrogens (primary N) is 1. The van der Waals surface area contributed by atoms with E-state index in [1.165, 1.54) is 24.4 Å². The van der Waals surface area contributed by atoms with E-state index in [4.69, 9.17) is 17.3 Å². The van der Waals surface area contributed by atoms with Gasteiger partial charge in [0.2, 0.25) is 0 Å². The summed E-state index contributed by atoms with van der Waals surface area (Å²) < 4.78 is 38.2. The molecule has 0 aliphatic heterocycles. The summed E-state index contributed by atoms with van der Waals surface area (Å²) in [5.74, 6) is -0.630. The van der Waals surface area contributed by atoms with Crippen LogP contribution >= 0.6 is 11.6 Å². The first-order chi connectivity index (χ1) is 9.79. The normalized spacial score (nSPS) is 11.2. The predicted octanol–water partition coefficient (Wildman–Crippen LogP) is 3.59. The molecule has 110 valence electrons. The highest BCUT2D eigenvalue weighted by Gasteiger charge is 2.34. The monoisotopic (exact) mass is 315 g/mol. The van der Waals surface area contributed by atoms with Gasteiger partial charge in [0, 0.05) is 6.20 Å². The number of benzene rings is 1. The molecule has 21 heavy (non-hydrogen) atoms. The Bertz CT molecular complexity index is 671. The smallest absolute Gasteiger partial charge is 0.398 e. The molecule has 1 aromatic heterocycles. The molecule has 2 aromatic rings. The molecule has 0 fully saturated rings. The van der Waals surface area contributed by atoms with Crippen molar-refractivity contribution < 1.29 is 18.0 Å². The lowest BCUT2D eigenvalue weighted by Gasteiger charge is -2.13. The number of alkyl halides is 3. The highest BCUT2D eigenvalue weighted by molar-refractivity contribution is 6.30. The maximum absolute atomic E-state index is 12.7. The summed E-state index contributed by atoms with van der Waals surface area (Å²) >= 11 is 5.64. The van der Waals surface area contributed by atoms with Crippen LogP contribution in [-0.2, 0) is 6.18 Å². The number of hydrogen-bond donors (Lipinski definition) is 2. The minimum absolute atomic E-state index is 0.154. The summed E-state index contributed by atoms with van der Waals surface area (Å²) in [6, 6.07) is 6.04. The van der Waals surface area contributed by atoms with Crippen LogP contribution < -0.4 is 11.1 Å². The Balaban J connectivity index is 2.30. The Morgan fingerprint density at radius 1 is 1.24 bits per heavy atom. The molecule has 0 radical (unpaired) electrons. The molecule has 0 unspecified atom stereocenters. The van der Waals surface area contributed by atoms with Crippen LogP contribution in [0.5, 0.6) is 0 Å². The van der Waals surface area contributed by atoms with Crippen LogP contribution in [0.15, 0.2) is 36.5 Å². The van der Waals surface area contributed by atoms with Crippen molar-refractivity contribution in [1.29, 1.82) is 0 Å². The van der Waals surface area contributed by atoms with E-state index in [0.29, 0.717) is 5.02 Å². The van der Waals surface area contributed by atoms with Crippen molar-refractivity contribution in [2.75, 3.05) is 11.1 Å². The van der Waals surface area contributed by atoms with Gasteiger partial charge in [-0.1, -0.05) is 17.7 Å². The number of hydrogen-bond acceptors (Lipinski definition) is 3. The van der Waals surface area contributed by atoms with Gasteiger partial charge in [-0.05, 0) is 24.3 Å². The van der Waals surface area contributed by atoms with E-state index in [9.17, 15) is 18.0 Å². The van der Waals surface area contributed by atoms with E-state index >= 15 is 0 Å². The highest BCUT2D eigenvalue weighted by atomic mass is 35.5. The fourth-order valence-electron chi connectivity index (χ4n) is 1.64. The lowest BCUT2D eigenvalue weighted by molar-refractivity contribution is -0.136. The van der Waals surface area contributed by atoms with Crippen LogP contribution in [-0.4, -0.2) is 10.9 Å². The van der Waals surface area contributed by atoms with Gasteiger partial charge in [-0.2, -0.15) is 13.2 Å². The van der Waals surface area contributed by atoms with Gasteiger partial charge in [0.1, 0.15) is 5.82 Å². The van der Waals surface area contributed by atoms with E-state index in [-0.39, 0.29) is 11.4 Å². The molecule has 3 N–H and O–H groups in total. The molecule has 0 atom stereocenters. The number of rotatable bonds is 2. The number of pyridine rings is 1. The summed E-state index contributed by atoms with van der Waals surface area (Å²) in [5.41, 5.74) is 3.46. The Morgan fingerprint density at radius 3 is 2.52 bits per heavy atom. The molecule has 1 aromatic carbocycles. The fraction of sp³-hybridized carbons (Fsp3) is 0.0769. The van der Waals surface area contributed by atoms with Crippen LogP contribution in [0, 0.1) is 0 Å². The second-order valence-electron chi connectivity index (χ2n) is 4.08. The number of nitrogens with one attached hydrogen (secondary N) is 1. The van der Waals surface area contributed by atoms with Crippen LogP contribution in [0.3, 0.4) is 0 Å². The number of amides is 1. The number of halogens is 4. The van der Waals surface area contributed by atoms with Crippen LogP contribution in [0.25, 0.3) is 0 Å². The van der Waals surface area contributed by atoms with Crippen molar-refractivity contribution in [3.8, 4) is 0 Å². The SMILES string of the molecule is Nc1c(C(=O)Nc2ccc(Cl)cn2)cccc1C(F)(F)F. The topological polar surface area (TPSA) is 68.0 Å². The Morgan fingerprint density at radius 2 is 1.95 bits per heavy atom. The first-order valence-corrected chi connectivity index (χ1v) is 6.05. The van der Waals surface area contributed by atoms with Crippen LogP contribution in [0.1, 0.15) is 15.9 Å². The Labute approximate surface area is 122 Å². The van der Waals surface area contributed by atoms with Gasteiger partial charge in [0.15, 0.2) is 0 Å². The summed E-state index contributed by atoms with van der Waals surface area (Å²) in [4.78, 5) is 15.8. The minimum atomic E-state index is -4.63. The van der Waals surface area contributed by atoms with Crippen LogP contribution in [0.4, 0.5) is 24.7 Å². The molecular formula is C13H9ClF3N3O. The second-order valence-corrected chi connectivity index (χ2v) is 4.52. The van der Waals surface area contributed by atoms with Gasteiger partial charge < -0.3 is 11.1 Å². The van der Waals surface area contributed by atoms with Crippen molar-refractivity contribution >= 4 is 29.0 Å². The maximum atomic E-state index is 12.7. The summed E-state index contributed by atoms with van der Waals surface area (Å²) in [6.07, 6.45) is -3.33. The Kier molecular flexibility index (Phi) is 4.04. The molecule has 0 saturated heterocycles. The summed E-state index contributed by atoms with van der Waals surface area (Å²) in [7, 11) is 0. The molecule has 0 aliphatic carbocycles. The molecule has 0 spiro atoms. The van der Waals surface area contributed by atoms with E-state index in [1.54, 1.807) is 0 Å². The van der Waals surface area contributed by atoms with Gasteiger partial charge in [-0.15, -0.1) is 0 Å². The molecule has 2 rings (SSSR count). The molecule has 0 saturated carbocycles. The third kappa shape index (κ3) is 3.43. The number of nitrogens with zero attached hydrogens (tertiary/aromatic N) is 1. The minimum Gasteiger partial charge on any atom is -0.398 e. The average molecular weight is 316 g/mol. The molecule has 0 aliphatic rings. The molecule has 1 amide bonds. The molecule has 0 bridgehead atoms. The third-order valence-electron chi connectivity index (χ3n) is 2.63. The third-order valence-corrected chi connectivity index (χ3v) is 2.85. The highest BCUT2D eigenvalue weighted by Crippen LogP contribution is 2.35. The average Bonchev–Trinajstić information content (AvgIpc) is 2.40. The number of anilines is 2. The largest absolute Gasteiger partial charge is 0.418 e. The van der Waals surface area contributed by atoms with Crippen molar-refractivity contribution in [3.63, 3.8) is 0 Å². The van der Waals surface area contributed by atoms with Crippen LogP contribution in [0.2, 0.25) is 5.02 Å². The number of nitrogen functional groups attached to an aromatic ring is 1. The van der Waals surface area contributed by atoms with Gasteiger partial charge in [0.05, 0.1) is 21.8 Å². The molecule has 4 nitrogen and oxygen atoms in total. The number of aromatic nitrogens is 1. The molecule has 1 heterocycles. The number of carbonyl (C=O) groups excluding carboxylic acids is 1. The van der Waals surface area contributed by atoms with E-state index in [2.05, 4.69) is 10.3 Å². The van der Waals surface area contributed by atoms with Gasteiger partial charge in [-0.3, -0.25) is 4.79 Å². The first kappa shape index (κ1) is 15.1. The summed E-state index contributed by atoms with van der Waals surface area (Å²) in [6.45, 7) is 0. The summed E-state index contributed by atoms with van der Waals surface area (Å²) in [5, 5.41) is 2.72. The Hall–Kier alpha value is -2.28. The quantitative estimate of drug-likeness (QED) is 0.832. The van der Waals surface area contributed by atoms with E-state index in [0.717, 1.165) is 12.1 Å². The second kappa shape index (κ2) is 5.61. The zero-order valence-electron chi connectivity index (χ0n) is 10.4. The van der Waals surface area contributed by atoms with Gasteiger partial charge >= 0.3 is 6.18 Å². The van der Waals surface area contributed by atoms with E-state index in [1.807, 2.05) is 0 Å². The van der Waals surface area contributed by atoms with Crippen molar-refractivity contribution in [2.24, 2.45) is 0 Å². The van der Waals surface area contributed by atoms with E-state index < -0.39 is 23.3 Å². The number of para-hydroxylation sites is 1. The first-order valence-electron chi connectivity index (χ1n) is 5.67. The van der Waals surface area contributed by atoms with Crippen molar-refractivity contribution in [3.05, 3.63) is 52.7 Å². The van der Waals surface area contributed by atoms with Gasteiger partial charge in [0.25, 0.3) is 5.91 Å². The predicted molar refractivity (Wildman–Crippen MR) is 73.1 cm³/mol. The standard InChI is InChI=1S/C13H9ClF3N3O/c14-7-4-5-10(19-6-7)20-12(21)8-2-1-3-9(11(8)18)13(15,16)17/h1-6H,18H2,(H,19,20,21). The fourth-order valence-corrected chi connectivity index (χ4v) is 1.76. The lowest BCUT2D eigenvalue weighted by Crippen LogP contribution is -2.18.